The second-order valence-corrected chi connectivity index (χ2v) is 3.98. The van der Waals surface area contributed by atoms with Gasteiger partial charge in [0.15, 0.2) is 0 Å². The first-order chi connectivity index (χ1) is 6.74. The van der Waals surface area contributed by atoms with Crippen LogP contribution in [-0.2, 0) is 4.79 Å². The van der Waals surface area contributed by atoms with Crippen molar-refractivity contribution in [2.75, 3.05) is 23.3 Å². The molecule has 0 saturated heterocycles. The molecule has 74 valence electrons. The van der Waals surface area contributed by atoms with Crippen LogP contribution in [0.5, 0.6) is 0 Å². The van der Waals surface area contributed by atoms with Gasteiger partial charge in [0.2, 0.25) is 5.91 Å². The molecule has 1 aliphatic heterocycles. The third-order valence-corrected chi connectivity index (χ3v) is 2.94. The van der Waals surface area contributed by atoms with Gasteiger partial charge >= 0.3 is 0 Å². The molecule has 0 aromatic heterocycles. The van der Waals surface area contributed by atoms with Crippen molar-refractivity contribution in [1.29, 1.82) is 0 Å². The molecule has 0 radical (unpaired) electrons. The van der Waals surface area contributed by atoms with Gasteiger partial charge in [-0.15, -0.1) is 0 Å². The van der Waals surface area contributed by atoms with Crippen LogP contribution in [0.3, 0.4) is 0 Å². The predicted octanol–water partition coefficient (Wildman–Crippen LogP) is 2.23. The molecule has 1 aromatic rings. The summed E-state index contributed by atoms with van der Waals surface area (Å²) < 4.78 is 0.956. The molecule has 14 heavy (non-hydrogen) atoms. The van der Waals surface area contributed by atoms with Crippen molar-refractivity contribution in [3.8, 4) is 0 Å². The normalized spacial score (nSPS) is 15.0. The van der Waals surface area contributed by atoms with Gasteiger partial charge in [-0.25, -0.2) is 0 Å². The molecule has 0 atom stereocenters. The van der Waals surface area contributed by atoms with E-state index in [0.29, 0.717) is 13.1 Å². The number of benzene rings is 1. The molecule has 1 amide bonds. The fourth-order valence-electron chi connectivity index (χ4n) is 1.66. The number of anilines is 2. The molecule has 1 aliphatic rings. The van der Waals surface area contributed by atoms with Crippen LogP contribution in [0, 0.1) is 0 Å². The number of hydrogen-bond acceptors (Lipinski definition) is 2. The maximum atomic E-state index is 11.6. The van der Waals surface area contributed by atoms with E-state index in [1.165, 1.54) is 0 Å². The highest BCUT2D eigenvalue weighted by Gasteiger charge is 2.23. The monoisotopic (exact) mass is 254 g/mol. The van der Waals surface area contributed by atoms with Crippen LogP contribution < -0.4 is 10.2 Å². The number of amides is 1. The Balaban J connectivity index is 2.54. The molecule has 0 fully saturated rings. The Morgan fingerprint density at radius 2 is 2.36 bits per heavy atom. The maximum Gasteiger partial charge on any atom is 0.246 e. The summed E-state index contributed by atoms with van der Waals surface area (Å²) in [6.07, 6.45) is 0. The number of nitrogens with one attached hydrogen (secondary N) is 1. The summed E-state index contributed by atoms with van der Waals surface area (Å²) in [6, 6.07) is 5.89. The van der Waals surface area contributed by atoms with Gasteiger partial charge in [-0.1, -0.05) is 6.07 Å². The summed E-state index contributed by atoms with van der Waals surface area (Å²) in [5.74, 6) is 0.118. The van der Waals surface area contributed by atoms with E-state index in [1.807, 2.05) is 25.1 Å². The minimum absolute atomic E-state index is 0.118. The van der Waals surface area contributed by atoms with Gasteiger partial charge in [0.05, 0.1) is 17.9 Å². The van der Waals surface area contributed by atoms with E-state index in [9.17, 15) is 4.79 Å². The van der Waals surface area contributed by atoms with Gasteiger partial charge in [0, 0.05) is 11.0 Å². The molecule has 0 spiro atoms. The number of rotatable bonds is 1. The molecule has 3 nitrogen and oxygen atoms in total. The Morgan fingerprint density at radius 3 is 3.07 bits per heavy atom. The highest BCUT2D eigenvalue weighted by Crippen LogP contribution is 2.36. The number of fused-ring (bicyclic) bond motifs is 1. The maximum absolute atomic E-state index is 11.6. The minimum atomic E-state index is 0.118. The molecule has 0 bridgehead atoms. The van der Waals surface area contributed by atoms with Crippen molar-refractivity contribution >= 4 is 33.2 Å². The number of hydrogen-bond donors (Lipinski definition) is 1. The fraction of sp³-hybridized carbons (Fsp3) is 0.300. The van der Waals surface area contributed by atoms with Crippen LogP contribution in [0.1, 0.15) is 6.92 Å². The van der Waals surface area contributed by atoms with Crippen molar-refractivity contribution in [3.05, 3.63) is 22.7 Å². The summed E-state index contributed by atoms with van der Waals surface area (Å²) in [7, 11) is 0. The highest BCUT2D eigenvalue weighted by molar-refractivity contribution is 9.10. The quantitative estimate of drug-likeness (QED) is 0.834. The Bertz CT molecular complexity index is 378. The molecule has 0 saturated carbocycles. The van der Waals surface area contributed by atoms with Gasteiger partial charge in [0.1, 0.15) is 0 Å². The van der Waals surface area contributed by atoms with Crippen LogP contribution in [0.2, 0.25) is 0 Å². The molecule has 0 aliphatic carbocycles. The standard InChI is InChI=1S/C10H11BrN2O/c1-2-13-9(14)6-12-8-5-3-4-7(11)10(8)13/h3-5,12H,2,6H2,1H3. The van der Waals surface area contributed by atoms with E-state index in [1.54, 1.807) is 4.90 Å². The van der Waals surface area contributed by atoms with Crippen LogP contribution in [0.4, 0.5) is 11.4 Å². The number of nitrogens with zero attached hydrogens (tertiary/aromatic N) is 1. The lowest BCUT2D eigenvalue weighted by atomic mass is 10.2. The van der Waals surface area contributed by atoms with Crippen molar-refractivity contribution in [1.82, 2.24) is 0 Å². The Morgan fingerprint density at radius 1 is 1.57 bits per heavy atom. The number of carbonyl (C=O) groups excluding carboxylic acids is 1. The lowest BCUT2D eigenvalue weighted by Gasteiger charge is -2.30. The van der Waals surface area contributed by atoms with Gasteiger partial charge in [-0.05, 0) is 35.0 Å². The lowest BCUT2D eigenvalue weighted by molar-refractivity contribution is -0.117. The topological polar surface area (TPSA) is 32.3 Å². The van der Waals surface area contributed by atoms with Crippen LogP contribution in [0.25, 0.3) is 0 Å². The first kappa shape index (κ1) is 9.52. The fourth-order valence-corrected chi connectivity index (χ4v) is 2.24. The first-order valence-corrected chi connectivity index (χ1v) is 5.36. The Labute approximate surface area is 91.2 Å². The third-order valence-electron chi connectivity index (χ3n) is 2.30. The van der Waals surface area contributed by atoms with Gasteiger partial charge in [-0.3, -0.25) is 4.79 Å². The van der Waals surface area contributed by atoms with Crippen molar-refractivity contribution in [2.24, 2.45) is 0 Å². The molecule has 0 unspecified atom stereocenters. The van der Waals surface area contributed by atoms with E-state index in [-0.39, 0.29) is 5.91 Å². The van der Waals surface area contributed by atoms with Crippen LogP contribution in [0.15, 0.2) is 22.7 Å². The summed E-state index contributed by atoms with van der Waals surface area (Å²) in [6.45, 7) is 3.07. The summed E-state index contributed by atoms with van der Waals surface area (Å²) in [5.41, 5.74) is 1.96. The second-order valence-electron chi connectivity index (χ2n) is 3.13. The minimum Gasteiger partial charge on any atom is -0.374 e. The number of para-hydroxylation sites is 1. The molecule has 1 aromatic carbocycles. The molecule has 4 heteroatoms. The van der Waals surface area contributed by atoms with Gasteiger partial charge < -0.3 is 10.2 Å². The molecule has 2 rings (SSSR count). The number of likely N-dealkylation sites (N-methyl/N-ethyl adjacent to an activating group) is 1. The average Bonchev–Trinajstić information content (AvgIpc) is 2.19. The van der Waals surface area contributed by atoms with Crippen LogP contribution >= 0.6 is 15.9 Å². The first-order valence-electron chi connectivity index (χ1n) is 4.56. The van der Waals surface area contributed by atoms with Crippen molar-refractivity contribution < 1.29 is 4.79 Å². The van der Waals surface area contributed by atoms with Gasteiger partial charge in [-0.2, -0.15) is 0 Å². The molecule has 1 N–H and O–H groups in total. The van der Waals surface area contributed by atoms with E-state index in [4.69, 9.17) is 0 Å². The smallest absolute Gasteiger partial charge is 0.246 e. The van der Waals surface area contributed by atoms with Crippen LogP contribution in [-0.4, -0.2) is 19.0 Å². The van der Waals surface area contributed by atoms with E-state index in [2.05, 4.69) is 21.2 Å². The zero-order chi connectivity index (χ0) is 10.1. The zero-order valence-corrected chi connectivity index (χ0v) is 9.47. The number of halogens is 1. The lowest BCUT2D eigenvalue weighted by Crippen LogP contribution is -2.39. The highest BCUT2D eigenvalue weighted by atomic mass is 79.9. The van der Waals surface area contributed by atoms with E-state index < -0.39 is 0 Å². The van der Waals surface area contributed by atoms with E-state index >= 15 is 0 Å². The molecular formula is C10H11BrN2O. The van der Waals surface area contributed by atoms with Crippen molar-refractivity contribution in [2.45, 2.75) is 6.92 Å². The SMILES string of the molecule is CCN1C(=O)CNc2cccc(Br)c21. The predicted molar refractivity (Wildman–Crippen MR) is 60.7 cm³/mol. The summed E-state index contributed by atoms with van der Waals surface area (Å²) in [5, 5.41) is 3.10. The molecule has 1 heterocycles. The largest absolute Gasteiger partial charge is 0.374 e. The summed E-state index contributed by atoms with van der Waals surface area (Å²) in [4.78, 5) is 13.4. The molecular weight excluding hydrogens is 244 g/mol. The number of carbonyl (C=O) groups is 1. The zero-order valence-electron chi connectivity index (χ0n) is 7.88. The van der Waals surface area contributed by atoms with Crippen molar-refractivity contribution in [3.63, 3.8) is 0 Å². The Kier molecular flexibility index (Phi) is 2.46. The van der Waals surface area contributed by atoms with Gasteiger partial charge in [0.25, 0.3) is 0 Å². The second kappa shape index (κ2) is 3.61. The third kappa shape index (κ3) is 1.39. The van der Waals surface area contributed by atoms with E-state index in [0.717, 1.165) is 15.8 Å². The Hall–Kier alpha value is -1.03. The summed E-state index contributed by atoms with van der Waals surface area (Å²) >= 11 is 3.46. The average molecular weight is 255 g/mol.